The molecule has 0 aliphatic rings. The van der Waals surface area contributed by atoms with E-state index in [2.05, 4.69) is 0 Å². The van der Waals surface area contributed by atoms with E-state index in [0.29, 0.717) is 13.2 Å². The van der Waals surface area contributed by atoms with Crippen LogP contribution in [-0.4, -0.2) is 46.7 Å². The smallest absolute Gasteiger partial charge is 0.0700 e. The van der Waals surface area contributed by atoms with Gasteiger partial charge >= 0.3 is 0 Å². The van der Waals surface area contributed by atoms with Gasteiger partial charge in [-0.2, -0.15) is 0 Å². The highest BCUT2D eigenvalue weighted by atomic mass is 16.5. The fraction of sp³-hybridized carbons (Fsp3) is 1.00. The van der Waals surface area contributed by atoms with Crippen molar-refractivity contribution in [3.63, 3.8) is 0 Å². The van der Waals surface area contributed by atoms with Crippen molar-refractivity contribution in [3.8, 4) is 0 Å². The van der Waals surface area contributed by atoms with E-state index in [9.17, 15) is 0 Å². The molecule has 88 valence electrons. The van der Waals surface area contributed by atoms with E-state index in [-0.39, 0.29) is 0 Å². The van der Waals surface area contributed by atoms with Crippen LogP contribution in [0.3, 0.4) is 0 Å². The molecule has 0 aliphatic carbocycles. The third-order valence-corrected chi connectivity index (χ3v) is 1.21. The predicted octanol–water partition coefficient (Wildman–Crippen LogP) is 1.04. The third-order valence-electron chi connectivity index (χ3n) is 1.21. The molecule has 0 amide bonds. The first-order valence-corrected chi connectivity index (χ1v) is 5.17. The summed E-state index contributed by atoms with van der Waals surface area (Å²) in [6.45, 7) is 8.32. The van der Waals surface area contributed by atoms with Gasteiger partial charge in [0.1, 0.15) is 0 Å². The minimum absolute atomic E-state index is 0.692. The highest BCUT2D eigenvalue weighted by Crippen LogP contribution is 1.83. The summed E-state index contributed by atoms with van der Waals surface area (Å²) in [5.74, 6) is 0. The first kappa shape index (κ1) is 16.3. The Hall–Kier alpha value is -0.160. The molecule has 0 saturated heterocycles. The van der Waals surface area contributed by atoms with E-state index in [1.165, 1.54) is 0 Å². The van der Waals surface area contributed by atoms with Crippen molar-refractivity contribution in [2.45, 2.75) is 20.3 Å². The van der Waals surface area contributed by atoms with Gasteiger partial charge in [0.05, 0.1) is 13.2 Å². The van der Waals surface area contributed by atoms with Gasteiger partial charge in [0.2, 0.25) is 0 Å². The number of rotatable bonds is 8. The molecule has 0 atom stereocenters. The molecule has 0 unspecified atom stereocenters. The lowest BCUT2D eigenvalue weighted by atomic mass is 10.5. The van der Waals surface area contributed by atoms with E-state index in [0.717, 1.165) is 32.8 Å². The van der Waals surface area contributed by atoms with Crippen LogP contribution < -0.4 is 5.73 Å². The quantitative estimate of drug-likeness (QED) is 0.604. The van der Waals surface area contributed by atoms with Crippen molar-refractivity contribution < 1.29 is 14.2 Å². The highest BCUT2D eigenvalue weighted by Gasteiger charge is 1.87. The Kier molecular flexibility index (Phi) is 21.6. The number of ether oxygens (including phenoxy) is 3. The average Bonchev–Trinajstić information content (AvgIpc) is 2.18. The molecule has 0 aromatic heterocycles. The van der Waals surface area contributed by atoms with Crippen molar-refractivity contribution in [1.29, 1.82) is 0 Å². The number of methoxy groups -OCH3 is 1. The standard InChI is InChI=1S/C8H18O3.C2H7N/c1-3-10-7-8-11-6-4-5-9-2;1-2-3/h3-8H2,1-2H3;2-3H2,1H3. The lowest BCUT2D eigenvalue weighted by Crippen LogP contribution is -2.06. The van der Waals surface area contributed by atoms with E-state index < -0.39 is 0 Å². The molecule has 0 aromatic carbocycles. The minimum Gasteiger partial charge on any atom is -0.385 e. The second-order valence-electron chi connectivity index (χ2n) is 2.56. The molecule has 0 radical (unpaired) electrons. The summed E-state index contributed by atoms with van der Waals surface area (Å²) in [4.78, 5) is 0. The minimum atomic E-state index is 0.692. The largest absolute Gasteiger partial charge is 0.385 e. The van der Waals surface area contributed by atoms with Crippen LogP contribution in [0.2, 0.25) is 0 Å². The van der Waals surface area contributed by atoms with Crippen molar-refractivity contribution in [2.75, 3.05) is 46.7 Å². The van der Waals surface area contributed by atoms with E-state index >= 15 is 0 Å². The summed E-state index contributed by atoms with van der Waals surface area (Å²) in [6, 6.07) is 0. The van der Waals surface area contributed by atoms with Gasteiger partial charge in [-0.3, -0.25) is 0 Å². The molecule has 0 saturated carbocycles. The van der Waals surface area contributed by atoms with Crippen LogP contribution in [0.1, 0.15) is 20.3 Å². The molecule has 0 aliphatic heterocycles. The lowest BCUT2D eigenvalue weighted by molar-refractivity contribution is 0.0441. The molecule has 0 rings (SSSR count). The van der Waals surface area contributed by atoms with Gasteiger partial charge in [0, 0.05) is 26.9 Å². The third kappa shape index (κ3) is 22.6. The Balaban J connectivity index is 0. The fourth-order valence-electron chi connectivity index (χ4n) is 0.670. The van der Waals surface area contributed by atoms with Crippen LogP contribution >= 0.6 is 0 Å². The maximum Gasteiger partial charge on any atom is 0.0700 e. The SMILES string of the molecule is CCN.CCOCCOCCCOC. The number of hydrogen-bond acceptors (Lipinski definition) is 4. The molecule has 0 heterocycles. The summed E-state index contributed by atoms with van der Waals surface area (Å²) >= 11 is 0. The molecule has 2 N–H and O–H groups in total. The van der Waals surface area contributed by atoms with Gasteiger partial charge in [-0.1, -0.05) is 6.92 Å². The first-order valence-electron chi connectivity index (χ1n) is 5.17. The second-order valence-corrected chi connectivity index (χ2v) is 2.56. The van der Waals surface area contributed by atoms with Gasteiger partial charge in [0.15, 0.2) is 0 Å². The summed E-state index contributed by atoms with van der Waals surface area (Å²) in [6.07, 6.45) is 0.961. The van der Waals surface area contributed by atoms with Gasteiger partial charge in [-0.15, -0.1) is 0 Å². The Labute approximate surface area is 87.7 Å². The van der Waals surface area contributed by atoms with Crippen molar-refractivity contribution in [3.05, 3.63) is 0 Å². The topological polar surface area (TPSA) is 53.7 Å². The summed E-state index contributed by atoms with van der Waals surface area (Å²) in [7, 11) is 1.69. The van der Waals surface area contributed by atoms with Crippen molar-refractivity contribution in [1.82, 2.24) is 0 Å². The highest BCUT2D eigenvalue weighted by molar-refractivity contribution is 4.33. The van der Waals surface area contributed by atoms with Crippen LogP contribution in [0.25, 0.3) is 0 Å². The molecule has 4 heteroatoms. The Morgan fingerprint density at radius 1 is 0.929 bits per heavy atom. The van der Waals surface area contributed by atoms with Crippen molar-refractivity contribution in [2.24, 2.45) is 5.73 Å². The number of hydrogen-bond donors (Lipinski definition) is 1. The average molecular weight is 207 g/mol. The van der Waals surface area contributed by atoms with Crippen LogP contribution in [0.5, 0.6) is 0 Å². The van der Waals surface area contributed by atoms with Gasteiger partial charge in [-0.25, -0.2) is 0 Å². The van der Waals surface area contributed by atoms with E-state index in [1.807, 2.05) is 13.8 Å². The molecule has 4 nitrogen and oxygen atoms in total. The fourth-order valence-corrected chi connectivity index (χ4v) is 0.670. The zero-order chi connectivity index (χ0) is 11.1. The molecular formula is C10H25NO3. The Morgan fingerprint density at radius 2 is 1.50 bits per heavy atom. The summed E-state index contributed by atoms with van der Waals surface area (Å²) in [5.41, 5.74) is 4.85. The van der Waals surface area contributed by atoms with Crippen molar-refractivity contribution >= 4 is 0 Å². The molecule has 0 spiro atoms. The molecule has 0 aromatic rings. The summed E-state index contributed by atoms with van der Waals surface area (Å²) in [5, 5.41) is 0. The zero-order valence-electron chi connectivity index (χ0n) is 9.75. The van der Waals surface area contributed by atoms with Gasteiger partial charge in [0.25, 0.3) is 0 Å². The molecule has 14 heavy (non-hydrogen) atoms. The van der Waals surface area contributed by atoms with Crippen LogP contribution in [-0.2, 0) is 14.2 Å². The maximum atomic E-state index is 5.23. The normalized spacial score (nSPS) is 9.43. The van der Waals surface area contributed by atoms with Crippen LogP contribution in [0, 0.1) is 0 Å². The summed E-state index contributed by atoms with van der Waals surface area (Å²) < 4.78 is 15.2. The first-order chi connectivity index (χ1) is 6.83. The monoisotopic (exact) mass is 207 g/mol. The Bertz CT molecular complexity index is 73.8. The van der Waals surface area contributed by atoms with Crippen LogP contribution in [0.15, 0.2) is 0 Å². The van der Waals surface area contributed by atoms with Gasteiger partial charge in [-0.05, 0) is 19.9 Å². The number of nitrogens with two attached hydrogens (primary N) is 1. The maximum absolute atomic E-state index is 5.23. The second kappa shape index (κ2) is 18.6. The van der Waals surface area contributed by atoms with E-state index in [4.69, 9.17) is 19.9 Å². The van der Waals surface area contributed by atoms with Crippen LogP contribution in [0.4, 0.5) is 0 Å². The predicted molar refractivity (Wildman–Crippen MR) is 58.5 cm³/mol. The Morgan fingerprint density at radius 3 is 2.00 bits per heavy atom. The molecule has 0 fully saturated rings. The van der Waals surface area contributed by atoms with Gasteiger partial charge < -0.3 is 19.9 Å². The lowest BCUT2D eigenvalue weighted by Gasteiger charge is -2.03. The zero-order valence-corrected chi connectivity index (χ0v) is 9.75. The molecular weight excluding hydrogens is 182 g/mol. The van der Waals surface area contributed by atoms with E-state index in [1.54, 1.807) is 7.11 Å². The molecule has 0 bridgehead atoms.